The van der Waals surface area contributed by atoms with Crippen LogP contribution in [0.4, 0.5) is 5.69 Å². The third-order valence-corrected chi connectivity index (χ3v) is 5.29. The van der Waals surface area contributed by atoms with E-state index in [0.717, 1.165) is 0 Å². The van der Waals surface area contributed by atoms with Crippen molar-refractivity contribution < 1.29 is 17.7 Å². The fourth-order valence-electron chi connectivity index (χ4n) is 2.13. The van der Waals surface area contributed by atoms with E-state index in [-0.39, 0.29) is 16.3 Å². The highest BCUT2D eigenvalue weighted by atomic mass is 32.2. The molecule has 0 unspecified atom stereocenters. The van der Waals surface area contributed by atoms with Gasteiger partial charge in [-0.25, -0.2) is 8.42 Å². The minimum Gasteiger partial charge on any atom is -0.355 e. The molecule has 0 aliphatic carbocycles. The van der Waals surface area contributed by atoms with Gasteiger partial charge >= 0.3 is 0 Å². The molecule has 8 heteroatoms. The molecule has 3 aromatic rings. The summed E-state index contributed by atoms with van der Waals surface area (Å²) in [5.41, 5.74) is 1.29. The zero-order valence-electron chi connectivity index (χ0n) is 13.3. The van der Waals surface area contributed by atoms with Crippen molar-refractivity contribution in [3.05, 3.63) is 60.6 Å². The molecule has 3 rings (SSSR count). The molecule has 0 atom stereocenters. The summed E-state index contributed by atoms with van der Waals surface area (Å²) in [7, 11) is -3.27. The minimum atomic E-state index is -3.27. The number of nitrogens with zero attached hydrogens (tertiary/aromatic N) is 2. The molecule has 1 aromatic carbocycles. The largest absolute Gasteiger partial charge is 0.355 e. The Kier molecular flexibility index (Phi) is 4.62. The van der Waals surface area contributed by atoms with Gasteiger partial charge in [-0.05, 0) is 36.4 Å². The maximum atomic E-state index is 12.2. The van der Waals surface area contributed by atoms with E-state index >= 15 is 0 Å². The number of aromatic nitrogens is 2. The lowest BCUT2D eigenvalue weighted by Gasteiger charge is -2.05. The van der Waals surface area contributed by atoms with Gasteiger partial charge in [-0.1, -0.05) is 12.1 Å². The first-order chi connectivity index (χ1) is 12.0. The second-order valence-corrected chi connectivity index (χ2v) is 7.48. The summed E-state index contributed by atoms with van der Waals surface area (Å²) in [5.74, 6) is 0.00187. The number of carbonyl (C=O) groups excluding carboxylic acids is 1. The Morgan fingerprint density at radius 1 is 1.20 bits per heavy atom. The number of anilines is 1. The number of amides is 1. The van der Waals surface area contributed by atoms with E-state index in [9.17, 15) is 13.2 Å². The van der Waals surface area contributed by atoms with Gasteiger partial charge in [0.1, 0.15) is 0 Å². The SMILES string of the molecule is CCS(=O)(=O)c1ccc(NC(=O)c2cc(-c3cccnc3)on2)cc1. The summed E-state index contributed by atoms with van der Waals surface area (Å²) in [5, 5.41) is 6.40. The van der Waals surface area contributed by atoms with E-state index in [4.69, 9.17) is 4.52 Å². The van der Waals surface area contributed by atoms with Crippen LogP contribution in [0.25, 0.3) is 11.3 Å². The van der Waals surface area contributed by atoms with Crippen molar-refractivity contribution in [3.8, 4) is 11.3 Å². The van der Waals surface area contributed by atoms with Gasteiger partial charge in [0.25, 0.3) is 5.91 Å². The second kappa shape index (κ2) is 6.86. The molecular weight excluding hydrogens is 342 g/mol. The molecular formula is C17H15N3O4S. The molecule has 0 radical (unpaired) electrons. The van der Waals surface area contributed by atoms with Crippen LogP contribution in [0.15, 0.2) is 64.3 Å². The van der Waals surface area contributed by atoms with Gasteiger partial charge in [0.15, 0.2) is 21.3 Å². The zero-order chi connectivity index (χ0) is 17.9. The number of pyridine rings is 1. The molecule has 2 aromatic heterocycles. The van der Waals surface area contributed by atoms with Crippen molar-refractivity contribution >= 4 is 21.4 Å². The van der Waals surface area contributed by atoms with E-state index in [1.165, 1.54) is 30.3 Å². The lowest BCUT2D eigenvalue weighted by Crippen LogP contribution is -2.12. The summed E-state index contributed by atoms with van der Waals surface area (Å²) in [6.07, 6.45) is 3.24. The predicted molar refractivity (Wildman–Crippen MR) is 91.9 cm³/mol. The number of hydrogen-bond donors (Lipinski definition) is 1. The fraction of sp³-hybridized carbons (Fsp3) is 0.118. The van der Waals surface area contributed by atoms with Crippen LogP contribution in [0.1, 0.15) is 17.4 Å². The Hall–Kier alpha value is -3.00. The molecule has 128 valence electrons. The lowest BCUT2D eigenvalue weighted by atomic mass is 10.2. The van der Waals surface area contributed by atoms with Gasteiger partial charge < -0.3 is 9.84 Å². The molecule has 0 aliphatic rings. The van der Waals surface area contributed by atoms with Crippen LogP contribution >= 0.6 is 0 Å². The smallest absolute Gasteiger partial charge is 0.277 e. The summed E-state index contributed by atoms with van der Waals surface area (Å²) in [6.45, 7) is 1.58. The van der Waals surface area contributed by atoms with Crippen LogP contribution < -0.4 is 5.32 Å². The molecule has 0 saturated heterocycles. The van der Waals surface area contributed by atoms with Gasteiger partial charge in [-0.15, -0.1) is 0 Å². The summed E-state index contributed by atoms with van der Waals surface area (Å²) in [6, 6.07) is 11.0. The summed E-state index contributed by atoms with van der Waals surface area (Å²) >= 11 is 0. The molecule has 7 nitrogen and oxygen atoms in total. The molecule has 0 saturated carbocycles. The third kappa shape index (κ3) is 3.74. The van der Waals surface area contributed by atoms with Crippen LogP contribution in [-0.2, 0) is 9.84 Å². The quantitative estimate of drug-likeness (QED) is 0.753. The first-order valence-electron chi connectivity index (χ1n) is 7.51. The summed E-state index contributed by atoms with van der Waals surface area (Å²) < 4.78 is 28.7. The number of hydrogen-bond acceptors (Lipinski definition) is 6. The minimum absolute atomic E-state index is 0.0226. The molecule has 0 bridgehead atoms. The average Bonchev–Trinajstić information content (AvgIpc) is 3.13. The summed E-state index contributed by atoms with van der Waals surface area (Å²) in [4.78, 5) is 16.4. The van der Waals surface area contributed by atoms with Crippen molar-refractivity contribution in [1.29, 1.82) is 0 Å². The van der Waals surface area contributed by atoms with Crippen LogP contribution in [0, 0.1) is 0 Å². The molecule has 25 heavy (non-hydrogen) atoms. The normalized spacial score (nSPS) is 11.2. The number of sulfone groups is 1. The molecule has 0 aliphatic heterocycles. The number of nitrogens with one attached hydrogen (secondary N) is 1. The van der Waals surface area contributed by atoms with E-state index in [0.29, 0.717) is 17.0 Å². The topological polar surface area (TPSA) is 102 Å². The average molecular weight is 357 g/mol. The van der Waals surface area contributed by atoms with E-state index in [1.807, 2.05) is 0 Å². The Balaban J connectivity index is 1.74. The van der Waals surface area contributed by atoms with E-state index in [2.05, 4.69) is 15.5 Å². The van der Waals surface area contributed by atoms with Crippen molar-refractivity contribution in [2.24, 2.45) is 0 Å². The molecule has 2 heterocycles. The van der Waals surface area contributed by atoms with Crippen molar-refractivity contribution in [3.63, 3.8) is 0 Å². The predicted octanol–water partition coefficient (Wildman–Crippen LogP) is 2.78. The van der Waals surface area contributed by atoms with Gasteiger partial charge in [-0.2, -0.15) is 0 Å². The van der Waals surface area contributed by atoms with Crippen LogP contribution in [0.5, 0.6) is 0 Å². The monoisotopic (exact) mass is 357 g/mol. The van der Waals surface area contributed by atoms with Gasteiger partial charge in [0, 0.05) is 29.7 Å². The van der Waals surface area contributed by atoms with Gasteiger partial charge in [0.05, 0.1) is 10.6 Å². The first-order valence-corrected chi connectivity index (χ1v) is 9.16. The number of carbonyl (C=O) groups is 1. The highest BCUT2D eigenvalue weighted by molar-refractivity contribution is 7.91. The Labute approximate surface area is 144 Å². The molecule has 1 N–H and O–H groups in total. The van der Waals surface area contributed by atoms with Crippen molar-refractivity contribution in [2.45, 2.75) is 11.8 Å². The number of benzene rings is 1. The maximum Gasteiger partial charge on any atom is 0.277 e. The maximum absolute atomic E-state index is 12.2. The van der Waals surface area contributed by atoms with E-state index in [1.54, 1.807) is 31.5 Å². The zero-order valence-corrected chi connectivity index (χ0v) is 14.2. The van der Waals surface area contributed by atoms with E-state index < -0.39 is 15.7 Å². The van der Waals surface area contributed by atoms with Crippen molar-refractivity contribution in [2.75, 3.05) is 11.1 Å². The van der Waals surface area contributed by atoms with Crippen LogP contribution in [-0.4, -0.2) is 30.2 Å². The number of rotatable bonds is 5. The Morgan fingerprint density at radius 2 is 1.96 bits per heavy atom. The standard InChI is InChI=1S/C17H15N3O4S/c1-2-25(22,23)14-7-5-13(6-8-14)19-17(21)15-10-16(24-20-15)12-4-3-9-18-11-12/h3-11H,2H2,1H3,(H,19,21). The highest BCUT2D eigenvalue weighted by Crippen LogP contribution is 2.20. The van der Waals surface area contributed by atoms with Gasteiger partial charge in [0.2, 0.25) is 0 Å². The fourth-order valence-corrected chi connectivity index (χ4v) is 3.02. The van der Waals surface area contributed by atoms with Crippen LogP contribution in [0.2, 0.25) is 0 Å². The van der Waals surface area contributed by atoms with Crippen LogP contribution in [0.3, 0.4) is 0 Å². The third-order valence-electron chi connectivity index (χ3n) is 3.54. The van der Waals surface area contributed by atoms with Gasteiger partial charge in [-0.3, -0.25) is 9.78 Å². The molecule has 0 fully saturated rings. The Morgan fingerprint density at radius 3 is 2.60 bits per heavy atom. The lowest BCUT2D eigenvalue weighted by molar-refractivity contribution is 0.101. The highest BCUT2D eigenvalue weighted by Gasteiger charge is 2.15. The molecule has 1 amide bonds. The first kappa shape index (κ1) is 16.8. The Bertz CT molecular complexity index is 980. The van der Waals surface area contributed by atoms with Crippen molar-refractivity contribution in [1.82, 2.24) is 10.1 Å². The second-order valence-electron chi connectivity index (χ2n) is 5.20. The molecule has 0 spiro atoms.